The third-order valence-corrected chi connectivity index (χ3v) is 3.40. The Hall–Kier alpha value is -2.23. The molecule has 3 rings (SSSR count). The van der Waals surface area contributed by atoms with Gasteiger partial charge >= 0.3 is 0 Å². The predicted octanol–water partition coefficient (Wildman–Crippen LogP) is 3.41. The molecule has 3 aromatic heterocycles. The minimum absolute atomic E-state index is 0.267. The summed E-state index contributed by atoms with van der Waals surface area (Å²) in [7, 11) is 0. The van der Waals surface area contributed by atoms with Crippen LogP contribution in [0.5, 0.6) is 0 Å². The highest BCUT2D eigenvalue weighted by molar-refractivity contribution is 5.73. The van der Waals surface area contributed by atoms with Gasteiger partial charge in [-0.2, -0.15) is 5.10 Å². The van der Waals surface area contributed by atoms with Crippen molar-refractivity contribution in [2.75, 3.05) is 0 Å². The zero-order valence-electron chi connectivity index (χ0n) is 10.9. The molecule has 0 aliphatic carbocycles. The Labute approximate surface area is 110 Å². The third kappa shape index (κ3) is 1.80. The van der Waals surface area contributed by atoms with Crippen molar-refractivity contribution in [2.24, 2.45) is 0 Å². The third-order valence-electron chi connectivity index (χ3n) is 3.40. The molecule has 0 N–H and O–H groups in total. The van der Waals surface area contributed by atoms with Crippen LogP contribution >= 0.6 is 0 Å². The Morgan fingerprint density at radius 3 is 2.84 bits per heavy atom. The lowest BCUT2D eigenvalue weighted by atomic mass is 10.0. The van der Waals surface area contributed by atoms with Crippen LogP contribution in [0.15, 0.2) is 36.8 Å². The number of halogens is 1. The summed E-state index contributed by atoms with van der Waals surface area (Å²) >= 11 is 0. The van der Waals surface area contributed by atoms with Gasteiger partial charge in [0.25, 0.3) is 0 Å². The molecule has 0 radical (unpaired) electrons. The number of rotatable bonds is 2. The highest BCUT2D eigenvalue weighted by Crippen LogP contribution is 2.29. The average molecular weight is 255 g/mol. The molecule has 0 amide bonds. The van der Waals surface area contributed by atoms with Gasteiger partial charge in [0.2, 0.25) is 0 Å². The highest BCUT2D eigenvalue weighted by Gasteiger charge is 2.16. The molecular weight excluding hydrogens is 241 g/mol. The molecule has 0 aliphatic rings. The first kappa shape index (κ1) is 11.8. The molecule has 0 aromatic carbocycles. The van der Waals surface area contributed by atoms with Crippen LogP contribution < -0.4 is 0 Å². The first-order valence-corrected chi connectivity index (χ1v) is 6.29. The Morgan fingerprint density at radius 2 is 2.11 bits per heavy atom. The van der Waals surface area contributed by atoms with Gasteiger partial charge in [-0.1, -0.05) is 13.0 Å². The van der Waals surface area contributed by atoms with Gasteiger partial charge in [0.05, 0.1) is 17.4 Å². The summed E-state index contributed by atoms with van der Waals surface area (Å²) in [5.41, 5.74) is 4.33. The molecule has 0 saturated heterocycles. The van der Waals surface area contributed by atoms with Crippen molar-refractivity contribution in [2.45, 2.75) is 20.3 Å². The molecule has 0 unspecified atom stereocenters. The molecule has 0 saturated carbocycles. The van der Waals surface area contributed by atoms with Crippen molar-refractivity contribution in [3.8, 4) is 11.3 Å². The van der Waals surface area contributed by atoms with Crippen molar-refractivity contribution >= 4 is 5.52 Å². The van der Waals surface area contributed by atoms with Crippen molar-refractivity contribution < 1.29 is 4.39 Å². The van der Waals surface area contributed by atoms with Crippen LogP contribution in [0, 0.1) is 12.7 Å². The van der Waals surface area contributed by atoms with E-state index in [9.17, 15) is 4.39 Å². The fraction of sp³-hybridized carbons (Fsp3) is 0.200. The summed E-state index contributed by atoms with van der Waals surface area (Å²) in [4.78, 5) is 3.96. The lowest BCUT2D eigenvalue weighted by molar-refractivity contribution is 0.606. The highest BCUT2D eigenvalue weighted by atomic mass is 19.1. The number of hydrogen-bond acceptors (Lipinski definition) is 2. The van der Waals surface area contributed by atoms with Gasteiger partial charge < -0.3 is 0 Å². The zero-order valence-corrected chi connectivity index (χ0v) is 10.9. The van der Waals surface area contributed by atoms with Crippen LogP contribution in [0.1, 0.15) is 18.1 Å². The SMILES string of the molecule is CCc1c(F)cncc1-c1nn2ccccc2c1C. The Morgan fingerprint density at radius 1 is 1.26 bits per heavy atom. The van der Waals surface area contributed by atoms with E-state index in [0.717, 1.165) is 22.3 Å². The molecule has 4 heteroatoms. The van der Waals surface area contributed by atoms with E-state index < -0.39 is 0 Å². The standard InChI is InChI=1S/C15H14FN3/c1-3-11-12(8-17-9-13(11)16)15-10(2)14-6-4-5-7-19(14)18-15/h4-9H,3H2,1-2H3. The van der Waals surface area contributed by atoms with Crippen LogP contribution in [-0.2, 0) is 6.42 Å². The Bertz CT molecular complexity index is 746. The van der Waals surface area contributed by atoms with Crippen molar-refractivity contribution in [1.29, 1.82) is 0 Å². The fourth-order valence-corrected chi connectivity index (χ4v) is 2.40. The topological polar surface area (TPSA) is 30.2 Å². The van der Waals surface area contributed by atoms with Crippen LogP contribution in [0.4, 0.5) is 4.39 Å². The summed E-state index contributed by atoms with van der Waals surface area (Å²) in [5.74, 6) is -0.267. The molecule has 0 spiro atoms. The van der Waals surface area contributed by atoms with Crippen LogP contribution in [0.2, 0.25) is 0 Å². The molecule has 3 heterocycles. The average Bonchev–Trinajstić information content (AvgIpc) is 2.76. The molecule has 0 fully saturated rings. The number of hydrogen-bond donors (Lipinski definition) is 0. The smallest absolute Gasteiger partial charge is 0.145 e. The first-order chi connectivity index (χ1) is 9.22. The summed E-state index contributed by atoms with van der Waals surface area (Å²) in [6.07, 6.45) is 5.46. The van der Waals surface area contributed by atoms with Crippen molar-refractivity contribution in [3.63, 3.8) is 0 Å². The van der Waals surface area contributed by atoms with E-state index in [1.54, 1.807) is 6.20 Å². The van der Waals surface area contributed by atoms with E-state index in [0.29, 0.717) is 12.0 Å². The van der Waals surface area contributed by atoms with E-state index in [1.165, 1.54) is 6.20 Å². The summed E-state index contributed by atoms with van der Waals surface area (Å²) in [5, 5.41) is 4.54. The molecule has 0 aliphatic heterocycles. The summed E-state index contributed by atoms with van der Waals surface area (Å²) < 4.78 is 15.6. The lowest BCUT2D eigenvalue weighted by Crippen LogP contribution is -1.96. The second-order valence-electron chi connectivity index (χ2n) is 4.51. The minimum Gasteiger partial charge on any atom is -0.261 e. The zero-order chi connectivity index (χ0) is 13.4. The number of nitrogens with zero attached hydrogens (tertiary/aromatic N) is 3. The molecule has 0 atom stereocenters. The number of fused-ring (bicyclic) bond motifs is 1. The maximum absolute atomic E-state index is 13.8. The largest absolute Gasteiger partial charge is 0.261 e. The molecule has 96 valence electrons. The van der Waals surface area contributed by atoms with Gasteiger partial charge in [0, 0.05) is 29.1 Å². The van der Waals surface area contributed by atoms with E-state index in [4.69, 9.17) is 0 Å². The summed E-state index contributed by atoms with van der Waals surface area (Å²) in [6, 6.07) is 5.90. The minimum atomic E-state index is -0.267. The van der Waals surface area contributed by atoms with Crippen LogP contribution in [-0.4, -0.2) is 14.6 Å². The predicted molar refractivity (Wildman–Crippen MR) is 72.5 cm³/mol. The van der Waals surface area contributed by atoms with Crippen LogP contribution in [0.3, 0.4) is 0 Å². The maximum atomic E-state index is 13.8. The van der Waals surface area contributed by atoms with Crippen LogP contribution in [0.25, 0.3) is 16.8 Å². The van der Waals surface area contributed by atoms with E-state index >= 15 is 0 Å². The summed E-state index contributed by atoms with van der Waals surface area (Å²) in [6.45, 7) is 3.94. The number of aryl methyl sites for hydroxylation is 1. The normalized spacial score (nSPS) is 11.1. The van der Waals surface area contributed by atoms with Gasteiger partial charge in [-0.15, -0.1) is 0 Å². The maximum Gasteiger partial charge on any atom is 0.145 e. The van der Waals surface area contributed by atoms with E-state index in [-0.39, 0.29) is 5.82 Å². The van der Waals surface area contributed by atoms with Gasteiger partial charge in [0.1, 0.15) is 5.82 Å². The van der Waals surface area contributed by atoms with Crippen molar-refractivity contribution in [1.82, 2.24) is 14.6 Å². The molecular formula is C15H14FN3. The van der Waals surface area contributed by atoms with Gasteiger partial charge in [0.15, 0.2) is 0 Å². The second kappa shape index (κ2) is 4.46. The van der Waals surface area contributed by atoms with E-state index in [1.807, 2.05) is 42.8 Å². The monoisotopic (exact) mass is 255 g/mol. The first-order valence-electron chi connectivity index (χ1n) is 6.29. The Balaban J connectivity index is 2.31. The van der Waals surface area contributed by atoms with Gasteiger partial charge in [-0.25, -0.2) is 8.91 Å². The number of aromatic nitrogens is 3. The lowest BCUT2D eigenvalue weighted by Gasteiger charge is -2.06. The molecule has 19 heavy (non-hydrogen) atoms. The second-order valence-corrected chi connectivity index (χ2v) is 4.51. The molecule has 3 aromatic rings. The Kier molecular flexibility index (Phi) is 2.78. The van der Waals surface area contributed by atoms with Gasteiger partial charge in [-0.05, 0) is 25.5 Å². The molecule has 3 nitrogen and oxygen atoms in total. The fourth-order valence-electron chi connectivity index (χ4n) is 2.40. The van der Waals surface area contributed by atoms with Gasteiger partial charge in [-0.3, -0.25) is 4.98 Å². The van der Waals surface area contributed by atoms with Crippen molar-refractivity contribution in [3.05, 3.63) is 53.7 Å². The van der Waals surface area contributed by atoms with E-state index in [2.05, 4.69) is 10.1 Å². The molecule has 0 bridgehead atoms. The number of pyridine rings is 2. The quantitative estimate of drug-likeness (QED) is 0.702.